The van der Waals surface area contributed by atoms with E-state index in [0.29, 0.717) is 10.6 Å². The molecule has 0 radical (unpaired) electrons. The molecule has 0 heterocycles. The molecule has 0 unspecified atom stereocenters. The first kappa shape index (κ1) is 13.0. The van der Waals surface area contributed by atoms with Crippen molar-refractivity contribution in [3.05, 3.63) is 34.3 Å². The lowest BCUT2D eigenvalue weighted by molar-refractivity contribution is 0.617. The summed E-state index contributed by atoms with van der Waals surface area (Å²) in [6.07, 6.45) is 3.69. The molecule has 0 fully saturated rings. The van der Waals surface area contributed by atoms with Crippen molar-refractivity contribution in [2.75, 3.05) is 6.54 Å². The smallest absolute Gasteiger partial charge is 0.0992 e. The summed E-state index contributed by atoms with van der Waals surface area (Å²) in [5.74, 6) is 0. The number of nitriles is 1. The Morgan fingerprint density at radius 3 is 2.81 bits per heavy atom. The molecule has 0 bridgehead atoms. The molecule has 0 aliphatic heterocycles. The van der Waals surface area contributed by atoms with Gasteiger partial charge in [-0.1, -0.05) is 37.4 Å². The van der Waals surface area contributed by atoms with Crippen LogP contribution in [0.15, 0.2) is 18.2 Å². The molecule has 16 heavy (non-hydrogen) atoms. The number of nitrogens with one attached hydrogen (secondary N) is 1. The summed E-state index contributed by atoms with van der Waals surface area (Å²) < 4.78 is 0. The van der Waals surface area contributed by atoms with Crippen LogP contribution in [0.4, 0.5) is 0 Å². The van der Waals surface area contributed by atoms with Gasteiger partial charge in [-0.15, -0.1) is 0 Å². The Morgan fingerprint density at radius 1 is 1.38 bits per heavy atom. The van der Waals surface area contributed by atoms with Crippen LogP contribution in [-0.2, 0) is 6.54 Å². The summed E-state index contributed by atoms with van der Waals surface area (Å²) in [6.45, 7) is 3.98. The average molecular weight is 237 g/mol. The summed E-state index contributed by atoms with van der Waals surface area (Å²) in [4.78, 5) is 0. The third-order valence-corrected chi connectivity index (χ3v) is 2.81. The number of nitrogens with zero attached hydrogens (tertiary/aromatic N) is 1. The van der Waals surface area contributed by atoms with Gasteiger partial charge in [0.2, 0.25) is 0 Å². The molecule has 1 aromatic carbocycles. The minimum absolute atomic E-state index is 0.611. The van der Waals surface area contributed by atoms with Crippen molar-refractivity contribution in [1.82, 2.24) is 5.32 Å². The van der Waals surface area contributed by atoms with E-state index in [4.69, 9.17) is 16.9 Å². The zero-order valence-electron chi connectivity index (χ0n) is 9.59. The Labute approximate surface area is 102 Å². The molecular weight excluding hydrogens is 220 g/mol. The quantitative estimate of drug-likeness (QED) is 0.768. The van der Waals surface area contributed by atoms with Crippen LogP contribution >= 0.6 is 11.6 Å². The number of rotatable bonds is 6. The summed E-state index contributed by atoms with van der Waals surface area (Å²) in [6, 6.07) is 7.50. The Kier molecular flexibility index (Phi) is 5.92. The molecule has 86 valence electrons. The molecule has 0 aromatic heterocycles. The van der Waals surface area contributed by atoms with E-state index in [9.17, 15) is 0 Å². The van der Waals surface area contributed by atoms with Gasteiger partial charge in [-0.3, -0.25) is 0 Å². The van der Waals surface area contributed by atoms with Gasteiger partial charge < -0.3 is 5.32 Å². The lowest BCUT2D eigenvalue weighted by atomic mass is 10.1. The van der Waals surface area contributed by atoms with Gasteiger partial charge in [-0.25, -0.2) is 0 Å². The molecule has 1 N–H and O–H groups in total. The molecule has 1 aromatic rings. The van der Waals surface area contributed by atoms with Crippen molar-refractivity contribution in [1.29, 1.82) is 5.26 Å². The van der Waals surface area contributed by atoms with Gasteiger partial charge in [0.15, 0.2) is 0 Å². The van der Waals surface area contributed by atoms with Crippen LogP contribution in [0.25, 0.3) is 0 Å². The Bertz CT molecular complexity index is 369. The highest BCUT2D eigenvalue weighted by molar-refractivity contribution is 6.31. The van der Waals surface area contributed by atoms with Gasteiger partial charge >= 0.3 is 0 Å². The molecule has 3 heteroatoms. The van der Waals surface area contributed by atoms with E-state index >= 15 is 0 Å². The SMILES string of the molecule is CCCCCNCc1ccc(C#N)cc1Cl. The second kappa shape index (κ2) is 7.27. The predicted molar refractivity (Wildman–Crippen MR) is 67.4 cm³/mol. The van der Waals surface area contributed by atoms with Gasteiger partial charge in [0.1, 0.15) is 0 Å². The molecule has 0 saturated carbocycles. The fraction of sp³-hybridized carbons (Fsp3) is 0.462. The zero-order valence-corrected chi connectivity index (χ0v) is 10.3. The van der Waals surface area contributed by atoms with Crippen LogP contribution in [0.3, 0.4) is 0 Å². The first-order valence-electron chi connectivity index (χ1n) is 5.67. The van der Waals surface area contributed by atoms with Crippen LogP contribution in [0.2, 0.25) is 5.02 Å². The number of hydrogen-bond acceptors (Lipinski definition) is 2. The summed E-state index contributed by atoms with van der Waals surface area (Å²) >= 11 is 6.06. The molecule has 1 rings (SSSR count). The van der Waals surface area contributed by atoms with Crippen molar-refractivity contribution in [2.45, 2.75) is 32.7 Å². The average Bonchev–Trinajstić information content (AvgIpc) is 2.30. The second-order valence-corrected chi connectivity index (χ2v) is 4.21. The van der Waals surface area contributed by atoms with Crippen molar-refractivity contribution in [3.63, 3.8) is 0 Å². The normalized spacial score (nSPS) is 10.1. The molecule has 0 aliphatic rings. The lowest BCUT2D eigenvalue weighted by Crippen LogP contribution is -2.14. The van der Waals surface area contributed by atoms with E-state index in [1.807, 2.05) is 6.07 Å². The van der Waals surface area contributed by atoms with Crippen LogP contribution in [0, 0.1) is 11.3 Å². The van der Waals surface area contributed by atoms with Crippen LogP contribution < -0.4 is 5.32 Å². The van der Waals surface area contributed by atoms with E-state index in [1.54, 1.807) is 12.1 Å². The highest BCUT2D eigenvalue weighted by Crippen LogP contribution is 2.17. The second-order valence-electron chi connectivity index (χ2n) is 3.80. The topological polar surface area (TPSA) is 35.8 Å². The van der Waals surface area contributed by atoms with Crippen molar-refractivity contribution in [2.24, 2.45) is 0 Å². The molecule has 0 amide bonds. The number of hydrogen-bond donors (Lipinski definition) is 1. The fourth-order valence-corrected chi connectivity index (χ4v) is 1.73. The van der Waals surface area contributed by atoms with E-state index in [0.717, 1.165) is 18.7 Å². The van der Waals surface area contributed by atoms with E-state index in [2.05, 4.69) is 18.3 Å². The van der Waals surface area contributed by atoms with Crippen molar-refractivity contribution >= 4 is 11.6 Å². The predicted octanol–water partition coefficient (Wildman–Crippen LogP) is 3.49. The van der Waals surface area contributed by atoms with Gasteiger partial charge in [0.05, 0.1) is 11.6 Å². The Morgan fingerprint density at radius 2 is 2.19 bits per heavy atom. The molecular formula is C13H17ClN2. The van der Waals surface area contributed by atoms with Crippen LogP contribution in [0.1, 0.15) is 37.3 Å². The summed E-state index contributed by atoms with van der Waals surface area (Å²) in [5, 5.41) is 12.7. The van der Waals surface area contributed by atoms with E-state index in [1.165, 1.54) is 19.3 Å². The molecule has 0 atom stereocenters. The molecule has 0 spiro atoms. The standard InChI is InChI=1S/C13H17ClN2/c1-2-3-4-7-16-10-12-6-5-11(9-15)8-13(12)14/h5-6,8,16H,2-4,7,10H2,1H3. The Hall–Kier alpha value is -1.04. The van der Waals surface area contributed by atoms with Crippen LogP contribution in [0.5, 0.6) is 0 Å². The highest BCUT2D eigenvalue weighted by atomic mass is 35.5. The fourth-order valence-electron chi connectivity index (χ4n) is 1.48. The zero-order chi connectivity index (χ0) is 11.8. The summed E-state index contributed by atoms with van der Waals surface area (Å²) in [5.41, 5.74) is 1.66. The third-order valence-electron chi connectivity index (χ3n) is 2.45. The minimum atomic E-state index is 0.611. The maximum Gasteiger partial charge on any atom is 0.0992 e. The number of halogens is 1. The third kappa shape index (κ3) is 4.22. The minimum Gasteiger partial charge on any atom is -0.313 e. The van der Waals surface area contributed by atoms with E-state index in [-0.39, 0.29) is 0 Å². The first-order chi connectivity index (χ1) is 7.77. The number of benzene rings is 1. The van der Waals surface area contributed by atoms with Gasteiger partial charge in [0.25, 0.3) is 0 Å². The first-order valence-corrected chi connectivity index (χ1v) is 6.05. The van der Waals surface area contributed by atoms with Crippen molar-refractivity contribution in [3.8, 4) is 6.07 Å². The van der Waals surface area contributed by atoms with Crippen molar-refractivity contribution < 1.29 is 0 Å². The number of unbranched alkanes of at least 4 members (excludes halogenated alkanes) is 2. The molecule has 2 nitrogen and oxygen atoms in total. The lowest BCUT2D eigenvalue weighted by Gasteiger charge is -2.06. The molecule has 0 aliphatic carbocycles. The Balaban J connectivity index is 2.40. The monoisotopic (exact) mass is 236 g/mol. The highest BCUT2D eigenvalue weighted by Gasteiger charge is 2.00. The maximum absolute atomic E-state index is 8.70. The van der Waals surface area contributed by atoms with Gasteiger partial charge in [-0.2, -0.15) is 5.26 Å². The summed E-state index contributed by atoms with van der Waals surface area (Å²) in [7, 11) is 0. The van der Waals surface area contributed by atoms with Gasteiger partial charge in [0, 0.05) is 11.6 Å². The van der Waals surface area contributed by atoms with E-state index < -0.39 is 0 Å². The largest absolute Gasteiger partial charge is 0.313 e. The maximum atomic E-state index is 8.70. The van der Waals surface area contributed by atoms with Crippen LogP contribution in [-0.4, -0.2) is 6.54 Å². The van der Waals surface area contributed by atoms with Gasteiger partial charge in [-0.05, 0) is 30.7 Å². The molecule has 0 saturated heterocycles.